The van der Waals surface area contributed by atoms with E-state index in [-0.39, 0.29) is 23.7 Å². The highest BCUT2D eigenvalue weighted by Crippen LogP contribution is 2.09. The molecule has 0 aliphatic rings. The molecule has 0 radical (unpaired) electrons. The number of rotatable bonds is 5. The Bertz CT molecular complexity index is 389. The van der Waals surface area contributed by atoms with Crippen molar-refractivity contribution in [1.82, 2.24) is 4.90 Å². The zero-order valence-electron chi connectivity index (χ0n) is 11.2. The third-order valence-electron chi connectivity index (χ3n) is 3.03. The van der Waals surface area contributed by atoms with Gasteiger partial charge in [-0.15, -0.1) is 0 Å². The maximum atomic E-state index is 12.7. The van der Waals surface area contributed by atoms with E-state index in [1.807, 2.05) is 13.8 Å². The average molecular weight is 252 g/mol. The molecule has 100 valence electrons. The lowest BCUT2D eigenvalue weighted by Crippen LogP contribution is -2.35. The molecular formula is C14H21FN2O. The minimum absolute atomic E-state index is 0.0144. The number of nitrogens with two attached hydrogens (primary N) is 1. The monoisotopic (exact) mass is 252 g/mol. The van der Waals surface area contributed by atoms with E-state index in [4.69, 9.17) is 5.73 Å². The molecule has 18 heavy (non-hydrogen) atoms. The van der Waals surface area contributed by atoms with Gasteiger partial charge in [-0.2, -0.15) is 0 Å². The van der Waals surface area contributed by atoms with Gasteiger partial charge in [0.15, 0.2) is 0 Å². The molecule has 1 aromatic carbocycles. The third-order valence-corrected chi connectivity index (χ3v) is 3.03. The van der Waals surface area contributed by atoms with E-state index in [1.165, 1.54) is 12.1 Å². The highest BCUT2D eigenvalue weighted by Gasteiger charge is 2.16. The summed E-state index contributed by atoms with van der Waals surface area (Å²) in [4.78, 5) is 13.5. The van der Waals surface area contributed by atoms with Crippen molar-refractivity contribution in [2.45, 2.75) is 32.9 Å². The first kappa shape index (κ1) is 14.6. The second-order valence-electron chi connectivity index (χ2n) is 4.99. The highest BCUT2D eigenvalue weighted by atomic mass is 19.1. The van der Waals surface area contributed by atoms with E-state index in [0.29, 0.717) is 13.0 Å². The van der Waals surface area contributed by atoms with E-state index in [1.54, 1.807) is 24.1 Å². The first-order valence-electron chi connectivity index (χ1n) is 6.14. The largest absolute Gasteiger partial charge is 0.341 e. The number of amides is 1. The molecule has 1 amide bonds. The van der Waals surface area contributed by atoms with Crippen LogP contribution in [0.5, 0.6) is 0 Å². The van der Waals surface area contributed by atoms with Crippen molar-refractivity contribution in [1.29, 1.82) is 0 Å². The van der Waals surface area contributed by atoms with Gasteiger partial charge < -0.3 is 10.6 Å². The number of benzene rings is 1. The fourth-order valence-electron chi connectivity index (χ4n) is 1.55. The van der Waals surface area contributed by atoms with Crippen LogP contribution in [-0.2, 0) is 11.3 Å². The maximum absolute atomic E-state index is 12.7. The van der Waals surface area contributed by atoms with Crippen LogP contribution < -0.4 is 5.73 Å². The Morgan fingerprint density at radius 3 is 2.39 bits per heavy atom. The first-order valence-corrected chi connectivity index (χ1v) is 6.14. The van der Waals surface area contributed by atoms with Gasteiger partial charge in [-0.3, -0.25) is 4.79 Å². The molecule has 1 rings (SSSR count). The van der Waals surface area contributed by atoms with Crippen LogP contribution in [0.1, 0.15) is 25.8 Å². The van der Waals surface area contributed by atoms with E-state index < -0.39 is 0 Å². The summed E-state index contributed by atoms with van der Waals surface area (Å²) in [7, 11) is 1.73. The van der Waals surface area contributed by atoms with Crippen molar-refractivity contribution in [2.75, 3.05) is 7.05 Å². The molecule has 0 spiro atoms. The third kappa shape index (κ3) is 4.45. The van der Waals surface area contributed by atoms with Gasteiger partial charge in [0.2, 0.25) is 5.91 Å². The summed E-state index contributed by atoms with van der Waals surface area (Å²) in [5.41, 5.74) is 6.78. The Morgan fingerprint density at radius 2 is 1.89 bits per heavy atom. The maximum Gasteiger partial charge on any atom is 0.224 e. The minimum Gasteiger partial charge on any atom is -0.341 e. The van der Waals surface area contributed by atoms with Crippen LogP contribution in [-0.4, -0.2) is 23.9 Å². The number of nitrogens with zero attached hydrogens (tertiary/aromatic N) is 1. The summed E-state index contributed by atoms with van der Waals surface area (Å²) in [6.07, 6.45) is 0.343. The molecule has 0 saturated heterocycles. The van der Waals surface area contributed by atoms with Crippen molar-refractivity contribution in [2.24, 2.45) is 11.7 Å². The molecule has 0 bridgehead atoms. The minimum atomic E-state index is -0.269. The van der Waals surface area contributed by atoms with E-state index in [9.17, 15) is 9.18 Å². The molecule has 4 heteroatoms. The van der Waals surface area contributed by atoms with E-state index >= 15 is 0 Å². The molecule has 1 unspecified atom stereocenters. The van der Waals surface area contributed by atoms with Gasteiger partial charge in [-0.25, -0.2) is 4.39 Å². The van der Waals surface area contributed by atoms with Gasteiger partial charge in [0, 0.05) is 26.1 Å². The number of hydrogen-bond donors (Lipinski definition) is 1. The van der Waals surface area contributed by atoms with Crippen molar-refractivity contribution >= 4 is 5.91 Å². The SMILES string of the molecule is CC(C)C(N)CC(=O)N(C)Cc1ccc(F)cc1. The Labute approximate surface area is 108 Å². The summed E-state index contributed by atoms with van der Waals surface area (Å²) in [5, 5.41) is 0. The van der Waals surface area contributed by atoms with Crippen molar-refractivity contribution in [3.05, 3.63) is 35.6 Å². The predicted molar refractivity (Wildman–Crippen MR) is 70.3 cm³/mol. The zero-order valence-corrected chi connectivity index (χ0v) is 11.2. The highest BCUT2D eigenvalue weighted by molar-refractivity contribution is 5.76. The zero-order chi connectivity index (χ0) is 13.7. The summed E-state index contributed by atoms with van der Waals surface area (Å²) >= 11 is 0. The Morgan fingerprint density at radius 1 is 1.33 bits per heavy atom. The summed E-state index contributed by atoms with van der Waals surface area (Å²) in [6, 6.07) is 6.04. The Balaban J connectivity index is 2.52. The second-order valence-corrected chi connectivity index (χ2v) is 4.99. The normalized spacial score (nSPS) is 12.6. The topological polar surface area (TPSA) is 46.3 Å². The van der Waals surface area contributed by atoms with Crippen molar-refractivity contribution < 1.29 is 9.18 Å². The van der Waals surface area contributed by atoms with Crippen LogP contribution >= 0.6 is 0 Å². The number of carbonyl (C=O) groups is 1. The standard InChI is InChI=1S/C14H21FN2O/c1-10(2)13(16)8-14(18)17(3)9-11-4-6-12(15)7-5-11/h4-7,10,13H,8-9,16H2,1-3H3. The number of carbonyl (C=O) groups excluding carboxylic acids is 1. The summed E-state index contributed by atoms with van der Waals surface area (Å²) < 4.78 is 12.7. The van der Waals surface area contributed by atoms with E-state index in [2.05, 4.69) is 0 Å². The lowest BCUT2D eigenvalue weighted by atomic mass is 10.0. The van der Waals surface area contributed by atoms with Crippen molar-refractivity contribution in [3.63, 3.8) is 0 Å². The van der Waals surface area contributed by atoms with Crippen LogP contribution in [0, 0.1) is 11.7 Å². The van der Waals surface area contributed by atoms with Crippen LogP contribution in [0.3, 0.4) is 0 Å². The molecule has 2 N–H and O–H groups in total. The van der Waals surface area contributed by atoms with Crippen LogP contribution in [0.15, 0.2) is 24.3 Å². The van der Waals surface area contributed by atoms with E-state index in [0.717, 1.165) is 5.56 Å². The Kier molecular flexibility index (Phi) is 5.28. The molecule has 0 fully saturated rings. The van der Waals surface area contributed by atoms with Crippen LogP contribution in [0.4, 0.5) is 4.39 Å². The van der Waals surface area contributed by atoms with Gasteiger partial charge in [0.1, 0.15) is 5.82 Å². The number of halogens is 1. The quantitative estimate of drug-likeness (QED) is 0.873. The molecule has 3 nitrogen and oxygen atoms in total. The fraction of sp³-hybridized carbons (Fsp3) is 0.500. The number of hydrogen-bond acceptors (Lipinski definition) is 2. The molecule has 0 saturated carbocycles. The lowest BCUT2D eigenvalue weighted by Gasteiger charge is -2.21. The second kappa shape index (κ2) is 6.50. The summed E-state index contributed by atoms with van der Waals surface area (Å²) in [5.74, 6) is 0.0308. The van der Waals surface area contributed by atoms with Gasteiger partial charge >= 0.3 is 0 Å². The molecule has 1 atom stereocenters. The molecule has 0 aliphatic carbocycles. The average Bonchev–Trinajstić information content (AvgIpc) is 2.31. The molecule has 0 aromatic heterocycles. The fourth-order valence-corrected chi connectivity index (χ4v) is 1.55. The predicted octanol–water partition coefficient (Wildman–Crippen LogP) is 2.16. The van der Waals surface area contributed by atoms with Gasteiger partial charge in [0.25, 0.3) is 0 Å². The Hall–Kier alpha value is -1.42. The molecule has 0 aliphatic heterocycles. The van der Waals surface area contributed by atoms with Crippen molar-refractivity contribution in [3.8, 4) is 0 Å². The molecule has 0 heterocycles. The lowest BCUT2D eigenvalue weighted by molar-refractivity contribution is -0.131. The van der Waals surface area contributed by atoms with Crippen LogP contribution in [0.2, 0.25) is 0 Å². The van der Waals surface area contributed by atoms with Gasteiger partial charge in [0.05, 0.1) is 0 Å². The van der Waals surface area contributed by atoms with Crippen LogP contribution in [0.25, 0.3) is 0 Å². The molecular weight excluding hydrogens is 231 g/mol. The summed E-state index contributed by atoms with van der Waals surface area (Å²) in [6.45, 7) is 4.47. The first-order chi connectivity index (χ1) is 8.40. The smallest absolute Gasteiger partial charge is 0.224 e. The molecule has 1 aromatic rings. The van der Waals surface area contributed by atoms with Gasteiger partial charge in [-0.1, -0.05) is 26.0 Å². The van der Waals surface area contributed by atoms with Gasteiger partial charge in [-0.05, 0) is 23.6 Å².